The summed E-state index contributed by atoms with van der Waals surface area (Å²) in [6, 6.07) is 5.15. The predicted molar refractivity (Wildman–Crippen MR) is 100 cm³/mol. The van der Waals surface area contributed by atoms with Crippen LogP contribution in [0.1, 0.15) is 36.0 Å². The third kappa shape index (κ3) is 3.84. The molecule has 0 spiro atoms. The molecule has 0 aromatic heterocycles. The number of rotatable bonds is 5. The van der Waals surface area contributed by atoms with Gasteiger partial charge in [0.05, 0.1) is 12.7 Å². The number of halogens is 1. The van der Waals surface area contributed by atoms with Crippen molar-refractivity contribution in [3.05, 3.63) is 28.8 Å². The van der Waals surface area contributed by atoms with Gasteiger partial charge in [-0.15, -0.1) is 0 Å². The number of carbonyl (C=O) groups excluding carboxylic acids is 1. The summed E-state index contributed by atoms with van der Waals surface area (Å²) in [6.07, 6.45) is 4.84. The van der Waals surface area contributed by atoms with Gasteiger partial charge in [-0.1, -0.05) is 24.4 Å². The molecule has 1 aliphatic heterocycles. The lowest BCUT2D eigenvalue weighted by Crippen LogP contribution is -2.56. The van der Waals surface area contributed by atoms with Crippen LogP contribution >= 0.6 is 23.4 Å². The zero-order chi connectivity index (χ0) is 17.0. The molecular formula is C18H25ClN2O2S. The van der Waals surface area contributed by atoms with Crippen LogP contribution in [0.15, 0.2) is 18.2 Å². The first-order chi connectivity index (χ1) is 11.6. The SMILES string of the molecule is COc1ccc(Cl)cc1C(=O)NCC1(N2CCSCC2)CCCC1. The van der Waals surface area contributed by atoms with Crippen molar-refractivity contribution < 1.29 is 9.53 Å². The third-order valence-corrected chi connectivity index (χ3v) is 6.38. The van der Waals surface area contributed by atoms with E-state index < -0.39 is 0 Å². The second-order valence-corrected chi connectivity index (χ2v) is 8.22. The van der Waals surface area contributed by atoms with E-state index in [0.29, 0.717) is 22.9 Å². The number of nitrogens with zero attached hydrogens (tertiary/aromatic N) is 1. The van der Waals surface area contributed by atoms with E-state index in [1.165, 1.54) is 37.2 Å². The number of ether oxygens (including phenoxy) is 1. The smallest absolute Gasteiger partial charge is 0.255 e. The van der Waals surface area contributed by atoms with Gasteiger partial charge in [0.15, 0.2) is 0 Å². The Morgan fingerprint density at radius 2 is 2.04 bits per heavy atom. The molecule has 0 radical (unpaired) electrons. The molecule has 0 atom stereocenters. The molecule has 0 unspecified atom stereocenters. The lowest BCUT2D eigenvalue weighted by molar-refractivity contribution is 0.0815. The van der Waals surface area contributed by atoms with Crippen LogP contribution in [0, 0.1) is 0 Å². The Morgan fingerprint density at radius 1 is 1.33 bits per heavy atom. The van der Waals surface area contributed by atoms with E-state index in [2.05, 4.69) is 10.2 Å². The molecule has 3 rings (SSSR count). The summed E-state index contributed by atoms with van der Waals surface area (Å²) >= 11 is 8.07. The Balaban J connectivity index is 1.71. The first kappa shape index (κ1) is 17.9. The van der Waals surface area contributed by atoms with Crippen LogP contribution in [0.5, 0.6) is 5.75 Å². The van der Waals surface area contributed by atoms with Crippen molar-refractivity contribution in [2.75, 3.05) is 38.2 Å². The minimum absolute atomic E-state index is 0.105. The number of nitrogens with one attached hydrogen (secondary N) is 1. The molecule has 1 saturated carbocycles. The van der Waals surface area contributed by atoms with Gasteiger partial charge in [-0.05, 0) is 31.0 Å². The van der Waals surface area contributed by atoms with Gasteiger partial charge in [-0.3, -0.25) is 9.69 Å². The van der Waals surface area contributed by atoms with Gasteiger partial charge in [0.25, 0.3) is 5.91 Å². The van der Waals surface area contributed by atoms with Crippen LogP contribution in [0.3, 0.4) is 0 Å². The summed E-state index contributed by atoms with van der Waals surface area (Å²) < 4.78 is 5.30. The number of thioether (sulfide) groups is 1. The van der Waals surface area contributed by atoms with Crippen molar-refractivity contribution in [3.63, 3.8) is 0 Å². The summed E-state index contributed by atoms with van der Waals surface area (Å²) in [5.41, 5.74) is 0.634. The average molecular weight is 369 g/mol. The number of benzene rings is 1. The van der Waals surface area contributed by atoms with Crippen molar-refractivity contribution in [2.24, 2.45) is 0 Å². The van der Waals surface area contributed by atoms with Crippen molar-refractivity contribution >= 4 is 29.3 Å². The van der Waals surface area contributed by atoms with E-state index in [4.69, 9.17) is 16.3 Å². The van der Waals surface area contributed by atoms with Gasteiger partial charge in [0, 0.05) is 41.7 Å². The minimum Gasteiger partial charge on any atom is -0.496 e. The molecule has 1 aromatic carbocycles. The molecule has 1 heterocycles. The Bertz CT molecular complexity index is 584. The first-order valence-corrected chi connectivity index (χ1v) is 10.1. The van der Waals surface area contributed by atoms with E-state index in [1.807, 2.05) is 11.8 Å². The Labute approximate surface area is 153 Å². The number of hydrogen-bond donors (Lipinski definition) is 1. The van der Waals surface area contributed by atoms with E-state index in [1.54, 1.807) is 25.3 Å². The van der Waals surface area contributed by atoms with Crippen LogP contribution in [-0.4, -0.2) is 54.6 Å². The molecule has 1 amide bonds. The molecule has 2 fully saturated rings. The number of carbonyl (C=O) groups is 1. The first-order valence-electron chi connectivity index (χ1n) is 8.59. The van der Waals surface area contributed by atoms with Gasteiger partial charge in [-0.2, -0.15) is 11.8 Å². The normalized spacial score (nSPS) is 20.8. The maximum absolute atomic E-state index is 12.7. The highest BCUT2D eigenvalue weighted by molar-refractivity contribution is 7.99. The lowest BCUT2D eigenvalue weighted by Gasteiger charge is -2.43. The molecule has 132 valence electrons. The summed E-state index contributed by atoms with van der Waals surface area (Å²) in [7, 11) is 1.57. The average Bonchev–Trinajstić information content (AvgIpc) is 3.10. The third-order valence-electron chi connectivity index (χ3n) is 5.20. The second-order valence-electron chi connectivity index (χ2n) is 6.56. The monoisotopic (exact) mass is 368 g/mol. The van der Waals surface area contributed by atoms with Crippen molar-refractivity contribution in [1.29, 1.82) is 0 Å². The quantitative estimate of drug-likeness (QED) is 0.864. The molecular weight excluding hydrogens is 344 g/mol. The molecule has 1 aliphatic carbocycles. The highest BCUT2D eigenvalue weighted by Crippen LogP contribution is 2.36. The summed E-state index contributed by atoms with van der Waals surface area (Å²) in [6.45, 7) is 2.95. The van der Waals surface area contributed by atoms with Crippen LogP contribution in [0.25, 0.3) is 0 Å². The van der Waals surface area contributed by atoms with Crippen LogP contribution in [0.2, 0.25) is 5.02 Å². The van der Waals surface area contributed by atoms with E-state index in [9.17, 15) is 4.79 Å². The number of methoxy groups -OCH3 is 1. The van der Waals surface area contributed by atoms with Gasteiger partial charge < -0.3 is 10.1 Å². The van der Waals surface area contributed by atoms with Gasteiger partial charge in [-0.25, -0.2) is 0 Å². The predicted octanol–water partition coefficient (Wildman–Crippen LogP) is 3.44. The summed E-state index contributed by atoms with van der Waals surface area (Å²) in [5, 5.41) is 3.70. The molecule has 2 aliphatic rings. The second kappa shape index (κ2) is 7.98. The summed E-state index contributed by atoms with van der Waals surface area (Å²) in [4.78, 5) is 15.3. The number of amides is 1. The molecule has 4 nitrogen and oxygen atoms in total. The minimum atomic E-state index is -0.105. The lowest BCUT2D eigenvalue weighted by atomic mass is 9.94. The number of hydrogen-bond acceptors (Lipinski definition) is 4. The maximum atomic E-state index is 12.7. The molecule has 1 N–H and O–H groups in total. The largest absolute Gasteiger partial charge is 0.496 e. The standard InChI is InChI=1S/C18H25ClN2O2S/c1-23-16-5-4-14(19)12-15(16)17(22)20-13-18(6-2-3-7-18)21-8-10-24-11-9-21/h4-5,12H,2-3,6-11,13H2,1H3,(H,20,22). The molecule has 0 bridgehead atoms. The highest BCUT2D eigenvalue weighted by Gasteiger charge is 2.40. The van der Waals surface area contributed by atoms with E-state index in [0.717, 1.165) is 13.1 Å². The zero-order valence-electron chi connectivity index (χ0n) is 14.1. The van der Waals surface area contributed by atoms with Crippen LogP contribution in [0.4, 0.5) is 0 Å². The van der Waals surface area contributed by atoms with Crippen molar-refractivity contribution in [3.8, 4) is 5.75 Å². The highest BCUT2D eigenvalue weighted by atomic mass is 35.5. The Kier molecular flexibility index (Phi) is 5.95. The Morgan fingerprint density at radius 3 is 2.71 bits per heavy atom. The van der Waals surface area contributed by atoms with Crippen molar-refractivity contribution in [2.45, 2.75) is 31.2 Å². The zero-order valence-corrected chi connectivity index (χ0v) is 15.7. The van der Waals surface area contributed by atoms with Gasteiger partial charge in [0.1, 0.15) is 5.75 Å². The molecule has 1 saturated heterocycles. The fraction of sp³-hybridized carbons (Fsp3) is 0.611. The van der Waals surface area contributed by atoms with Gasteiger partial charge >= 0.3 is 0 Å². The maximum Gasteiger partial charge on any atom is 0.255 e. The van der Waals surface area contributed by atoms with E-state index >= 15 is 0 Å². The molecule has 1 aromatic rings. The Hall–Kier alpha value is -0.910. The molecule has 6 heteroatoms. The molecule has 24 heavy (non-hydrogen) atoms. The fourth-order valence-electron chi connectivity index (χ4n) is 3.87. The van der Waals surface area contributed by atoms with Gasteiger partial charge in [0.2, 0.25) is 0 Å². The fourth-order valence-corrected chi connectivity index (χ4v) is 4.95. The van der Waals surface area contributed by atoms with Crippen LogP contribution in [-0.2, 0) is 0 Å². The topological polar surface area (TPSA) is 41.6 Å². The van der Waals surface area contributed by atoms with Crippen molar-refractivity contribution in [1.82, 2.24) is 10.2 Å². The van der Waals surface area contributed by atoms with Crippen LogP contribution < -0.4 is 10.1 Å². The van der Waals surface area contributed by atoms with E-state index in [-0.39, 0.29) is 11.4 Å². The summed E-state index contributed by atoms with van der Waals surface area (Å²) in [5.74, 6) is 2.84.